The number of hydrogen-bond acceptors (Lipinski definition) is 3. The fourth-order valence-electron chi connectivity index (χ4n) is 1.45. The van der Waals surface area contributed by atoms with Gasteiger partial charge in [-0.3, -0.25) is 4.79 Å². The summed E-state index contributed by atoms with van der Waals surface area (Å²) < 4.78 is 0. The number of carboxylic acids is 1. The quantitative estimate of drug-likeness (QED) is 0.833. The molecule has 0 saturated heterocycles. The highest BCUT2D eigenvalue weighted by Gasteiger charge is 2.18. The molecule has 1 aromatic rings. The van der Waals surface area contributed by atoms with Crippen molar-refractivity contribution in [3.05, 3.63) is 17.0 Å². The lowest BCUT2D eigenvalue weighted by molar-refractivity contribution is -0.120. The van der Waals surface area contributed by atoms with E-state index in [1.54, 1.807) is 5.38 Å². The smallest absolute Gasteiger partial charge is 0.338 e. The standard InChI is InChI=1S/C11H15NO3S/c1-3-7(4-2)9(13)12-10-8(11(14)15)5-6-16-10/h5-7H,3-4H2,1-2H3,(H,12,13)(H,14,15). The minimum Gasteiger partial charge on any atom is -0.478 e. The molecule has 0 bridgehead atoms. The summed E-state index contributed by atoms with van der Waals surface area (Å²) in [5.74, 6) is -1.17. The van der Waals surface area contributed by atoms with Gasteiger partial charge in [0.05, 0.1) is 5.56 Å². The van der Waals surface area contributed by atoms with Gasteiger partial charge in [0.1, 0.15) is 5.00 Å². The molecule has 0 unspecified atom stereocenters. The lowest BCUT2D eigenvalue weighted by Gasteiger charge is -2.11. The first-order valence-electron chi connectivity index (χ1n) is 5.21. The third-order valence-corrected chi connectivity index (χ3v) is 3.32. The van der Waals surface area contributed by atoms with Crippen molar-refractivity contribution in [2.75, 3.05) is 5.32 Å². The first kappa shape index (κ1) is 12.7. The van der Waals surface area contributed by atoms with Crippen molar-refractivity contribution < 1.29 is 14.7 Å². The Morgan fingerprint density at radius 2 is 2.06 bits per heavy atom. The molecule has 16 heavy (non-hydrogen) atoms. The molecule has 1 rings (SSSR count). The van der Waals surface area contributed by atoms with Gasteiger partial charge in [-0.15, -0.1) is 11.3 Å². The van der Waals surface area contributed by atoms with Crippen LogP contribution in [0.25, 0.3) is 0 Å². The summed E-state index contributed by atoms with van der Waals surface area (Å²) in [6.45, 7) is 3.89. The third kappa shape index (κ3) is 2.82. The van der Waals surface area contributed by atoms with E-state index in [4.69, 9.17) is 5.11 Å². The second kappa shape index (κ2) is 5.65. The second-order valence-electron chi connectivity index (χ2n) is 3.47. The molecule has 0 aliphatic heterocycles. The third-order valence-electron chi connectivity index (χ3n) is 2.49. The minimum absolute atomic E-state index is 0.0521. The summed E-state index contributed by atoms with van der Waals surface area (Å²) in [5, 5.41) is 13.6. The van der Waals surface area contributed by atoms with Crippen LogP contribution in [0.1, 0.15) is 37.0 Å². The number of aromatic carboxylic acids is 1. The first-order valence-corrected chi connectivity index (χ1v) is 6.09. The fourth-order valence-corrected chi connectivity index (χ4v) is 2.23. The van der Waals surface area contributed by atoms with E-state index in [-0.39, 0.29) is 17.4 Å². The average Bonchev–Trinajstić information content (AvgIpc) is 2.67. The molecule has 0 spiro atoms. The van der Waals surface area contributed by atoms with Crippen molar-refractivity contribution in [3.63, 3.8) is 0 Å². The minimum atomic E-state index is -1.01. The molecule has 0 aliphatic rings. The Morgan fingerprint density at radius 3 is 2.56 bits per heavy atom. The van der Waals surface area contributed by atoms with E-state index in [1.165, 1.54) is 17.4 Å². The molecule has 0 fully saturated rings. The number of rotatable bonds is 5. The lowest BCUT2D eigenvalue weighted by atomic mass is 10.0. The van der Waals surface area contributed by atoms with Crippen molar-refractivity contribution in [2.45, 2.75) is 26.7 Å². The fraction of sp³-hybridized carbons (Fsp3) is 0.455. The van der Waals surface area contributed by atoms with Crippen molar-refractivity contribution in [3.8, 4) is 0 Å². The average molecular weight is 241 g/mol. The Bertz CT molecular complexity index is 382. The van der Waals surface area contributed by atoms with Gasteiger partial charge in [0.2, 0.25) is 5.91 Å². The Hall–Kier alpha value is -1.36. The predicted molar refractivity (Wildman–Crippen MR) is 64.0 cm³/mol. The van der Waals surface area contributed by atoms with Crippen LogP contribution in [0.5, 0.6) is 0 Å². The van der Waals surface area contributed by atoms with E-state index < -0.39 is 5.97 Å². The van der Waals surface area contributed by atoms with Gasteiger partial charge in [-0.2, -0.15) is 0 Å². The first-order chi connectivity index (χ1) is 7.60. The van der Waals surface area contributed by atoms with Gasteiger partial charge in [0.25, 0.3) is 0 Å². The predicted octanol–water partition coefficient (Wildman–Crippen LogP) is 2.82. The van der Waals surface area contributed by atoms with Gasteiger partial charge in [0, 0.05) is 5.92 Å². The SMILES string of the molecule is CCC(CC)C(=O)Nc1sccc1C(=O)O. The number of thiophene rings is 1. The van der Waals surface area contributed by atoms with Crippen LogP contribution < -0.4 is 5.32 Å². The highest BCUT2D eigenvalue weighted by atomic mass is 32.1. The second-order valence-corrected chi connectivity index (χ2v) is 4.39. The molecule has 0 atom stereocenters. The number of carbonyl (C=O) groups excluding carboxylic acids is 1. The molecule has 1 heterocycles. The number of nitrogens with one attached hydrogen (secondary N) is 1. The van der Waals surface area contributed by atoms with Gasteiger partial charge >= 0.3 is 5.97 Å². The van der Waals surface area contributed by atoms with E-state index >= 15 is 0 Å². The van der Waals surface area contributed by atoms with E-state index in [9.17, 15) is 9.59 Å². The van der Waals surface area contributed by atoms with Gasteiger partial charge in [-0.25, -0.2) is 4.79 Å². The number of hydrogen-bond donors (Lipinski definition) is 2. The van der Waals surface area contributed by atoms with E-state index in [2.05, 4.69) is 5.32 Å². The Labute approximate surface area is 98.3 Å². The zero-order chi connectivity index (χ0) is 12.1. The maximum Gasteiger partial charge on any atom is 0.338 e. The van der Waals surface area contributed by atoms with Crippen LogP contribution in [-0.2, 0) is 4.79 Å². The molecule has 88 valence electrons. The summed E-state index contributed by atoms with van der Waals surface area (Å²) in [5.41, 5.74) is 0.157. The summed E-state index contributed by atoms with van der Waals surface area (Å²) in [6.07, 6.45) is 1.52. The molecule has 0 saturated carbocycles. The monoisotopic (exact) mass is 241 g/mol. The summed E-state index contributed by atoms with van der Waals surface area (Å²) in [6, 6.07) is 1.50. The molecule has 0 radical (unpaired) electrons. The molecule has 4 nitrogen and oxygen atoms in total. The summed E-state index contributed by atoms with van der Waals surface area (Å²) >= 11 is 1.23. The number of amides is 1. The molecule has 1 amide bonds. The van der Waals surface area contributed by atoms with Crippen LogP contribution in [0.2, 0.25) is 0 Å². The van der Waals surface area contributed by atoms with Crippen LogP contribution in [0.3, 0.4) is 0 Å². The van der Waals surface area contributed by atoms with Crippen LogP contribution in [0.4, 0.5) is 5.00 Å². The van der Waals surface area contributed by atoms with E-state index in [0.717, 1.165) is 12.8 Å². The Balaban J connectivity index is 2.76. The van der Waals surface area contributed by atoms with Crippen molar-refractivity contribution in [1.29, 1.82) is 0 Å². The molecule has 0 aromatic carbocycles. The largest absolute Gasteiger partial charge is 0.478 e. The van der Waals surface area contributed by atoms with Gasteiger partial charge in [-0.1, -0.05) is 13.8 Å². The van der Waals surface area contributed by atoms with Crippen LogP contribution in [0, 0.1) is 5.92 Å². The Kier molecular flexibility index (Phi) is 4.49. The maximum absolute atomic E-state index is 11.8. The molecular weight excluding hydrogens is 226 g/mol. The molecular formula is C11H15NO3S. The number of anilines is 1. The van der Waals surface area contributed by atoms with E-state index in [0.29, 0.717) is 5.00 Å². The maximum atomic E-state index is 11.8. The highest BCUT2D eigenvalue weighted by molar-refractivity contribution is 7.14. The van der Waals surface area contributed by atoms with Crippen molar-refractivity contribution in [2.24, 2.45) is 5.92 Å². The zero-order valence-corrected chi connectivity index (χ0v) is 10.1. The summed E-state index contributed by atoms with van der Waals surface area (Å²) in [7, 11) is 0. The Morgan fingerprint density at radius 1 is 1.44 bits per heavy atom. The molecule has 0 aliphatic carbocycles. The van der Waals surface area contributed by atoms with Gasteiger partial charge < -0.3 is 10.4 Å². The molecule has 5 heteroatoms. The van der Waals surface area contributed by atoms with E-state index in [1.807, 2.05) is 13.8 Å². The van der Waals surface area contributed by atoms with Crippen LogP contribution >= 0.6 is 11.3 Å². The lowest BCUT2D eigenvalue weighted by Crippen LogP contribution is -2.22. The number of carbonyl (C=O) groups is 2. The molecule has 2 N–H and O–H groups in total. The summed E-state index contributed by atoms with van der Waals surface area (Å²) in [4.78, 5) is 22.6. The van der Waals surface area contributed by atoms with Crippen molar-refractivity contribution >= 4 is 28.2 Å². The zero-order valence-electron chi connectivity index (χ0n) is 9.32. The number of carboxylic acid groups (broad SMARTS) is 1. The van der Waals surface area contributed by atoms with Crippen molar-refractivity contribution in [1.82, 2.24) is 0 Å². The van der Waals surface area contributed by atoms with Gasteiger partial charge in [-0.05, 0) is 24.3 Å². The van der Waals surface area contributed by atoms with Crippen LogP contribution in [0.15, 0.2) is 11.4 Å². The topological polar surface area (TPSA) is 66.4 Å². The van der Waals surface area contributed by atoms with Crippen LogP contribution in [-0.4, -0.2) is 17.0 Å². The van der Waals surface area contributed by atoms with Gasteiger partial charge in [0.15, 0.2) is 0 Å². The highest BCUT2D eigenvalue weighted by Crippen LogP contribution is 2.24. The molecule has 1 aromatic heterocycles. The normalized spacial score (nSPS) is 10.4.